The molecule has 17 heavy (non-hydrogen) atoms. The third-order valence-electron chi connectivity index (χ3n) is 2.80. The number of nitrogens with one attached hydrogen (secondary N) is 1. The van der Waals surface area contributed by atoms with Crippen LogP contribution in [0.4, 0.5) is 0 Å². The standard InChI is InChI=1S/C13H19NO3/c1-13(2,9-15)14-8-10-4-3-5-11-12(10)17-7-6-16-11/h3-5,14-15H,6-9H2,1-2H3. The Morgan fingerprint density at radius 2 is 2.06 bits per heavy atom. The van der Waals surface area contributed by atoms with E-state index in [0.717, 1.165) is 17.1 Å². The maximum absolute atomic E-state index is 9.19. The molecule has 2 rings (SSSR count). The summed E-state index contributed by atoms with van der Waals surface area (Å²) in [5.41, 5.74) is 0.766. The lowest BCUT2D eigenvalue weighted by molar-refractivity contribution is 0.166. The zero-order valence-corrected chi connectivity index (χ0v) is 10.3. The maximum Gasteiger partial charge on any atom is 0.165 e. The lowest BCUT2D eigenvalue weighted by Gasteiger charge is -2.26. The van der Waals surface area contributed by atoms with Crippen LogP contribution in [0.1, 0.15) is 19.4 Å². The third-order valence-corrected chi connectivity index (χ3v) is 2.80. The van der Waals surface area contributed by atoms with Crippen molar-refractivity contribution in [1.82, 2.24) is 5.32 Å². The molecule has 4 nitrogen and oxygen atoms in total. The van der Waals surface area contributed by atoms with E-state index in [1.165, 1.54) is 0 Å². The number of ether oxygens (including phenoxy) is 2. The average molecular weight is 237 g/mol. The summed E-state index contributed by atoms with van der Waals surface area (Å²) in [5, 5.41) is 12.5. The minimum atomic E-state index is -0.293. The highest BCUT2D eigenvalue weighted by atomic mass is 16.6. The van der Waals surface area contributed by atoms with Crippen LogP contribution in [-0.4, -0.2) is 30.5 Å². The van der Waals surface area contributed by atoms with E-state index in [0.29, 0.717) is 19.8 Å². The summed E-state index contributed by atoms with van der Waals surface area (Å²) in [6, 6.07) is 5.87. The molecule has 1 aliphatic heterocycles. The monoisotopic (exact) mass is 237 g/mol. The fraction of sp³-hybridized carbons (Fsp3) is 0.538. The molecular formula is C13H19NO3. The molecule has 0 aromatic heterocycles. The van der Waals surface area contributed by atoms with Gasteiger partial charge >= 0.3 is 0 Å². The van der Waals surface area contributed by atoms with E-state index in [4.69, 9.17) is 9.47 Å². The summed E-state index contributed by atoms with van der Waals surface area (Å²) in [6.07, 6.45) is 0. The van der Waals surface area contributed by atoms with Crippen molar-refractivity contribution in [2.45, 2.75) is 25.9 Å². The Labute approximate surface area is 102 Å². The Morgan fingerprint density at radius 1 is 1.29 bits per heavy atom. The smallest absolute Gasteiger partial charge is 0.165 e. The van der Waals surface area contributed by atoms with E-state index in [-0.39, 0.29) is 12.1 Å². The van der Waals surface area contributed by atoms with Gasteiger partial charge < -0.3 is 19.9 Å². The second-order valence-corrected chi connectivity index (χ2v) is 4.84. The lowest BCUT2D eigenvalue weighted by atomic mass is 10.1. The minimum absolute atomic E-state index is 0.0966. The van der Waals surface area contributed by atoms with E-state index in [1.54, 1.807) is 0 Å². The first-order valence-electron chi connectivity index (χ1n) is 5.86. The van der Waals surface area contributed by atoms with Crippen LogP contribution in [0.5, 0.6) is 11.5 Å². The first kappa shape index (κ1) is 12.2. The molecule has 0 aliphatic carbocycles. The molecule has 1 aromatic rings. The first-order valence-corrected chi connectivity index (χ1v) is 5.86. The molecule has 4 heteroatoms. The van der Waals surface area contributed by atoms with Gasteiger partial charge in [0.1, 0.15) is 13.2 Å². The Kier molecular flexibility index (Phi) is 3.54. The van der Waals surface area contributed by atoms with Crippen LogP contribution in [0, 0.1) is 0 Å². The molecule has 0 saturated carbocycles. The van der Waals surface area contributed by atoms with Crippen molar-refractivity contribution in [1.29, 1.82) is 0 Å². The molecule has 0 amide bonds. The number of hydrogen-bond donors (Lipinski definition) is 2. The lowest BCUT2D eigenvalue weighted by Crippen LogP contribution is -2.42. The summed E-state index contributed by atoms with van der Waals surface area (Å²) in [5.74, 6) is 1.62. The number of para-hydroxylation sites is 1. The van der Waals surface area contributed by atoms with Crippen LogP contribution < -0.4 is 14.8 Å². The van der Waals surface area contributed by atoms with Crippen LogP contribution in [0.3, 0.4) is 0 Å². The highest BCUT2D eigenvalue weighted by Crippen LogP contribution is 2.33. The Bertz CT molecular complexity index is 390. The van der Waals surface area contributed by atoms with Crippen LogP contribution in [0.2, 0.25) is 0 Å². The molecule has 1 aliphatic rings. The number of benzene rings is 1. The highest BCUT2D eigenvalue weighted by molar-refractivity contribution is 5.47. The molecule has 0 atom stereocenters. The third kappa shape index (κ3) is 2.90. The molecule has 2 N–H and O–H groups in total. The van der Waals surface area contributed by atoms with Gasteiger partial charge in [-0.25, -0.2) is 0 Å². The van der Waals surface area contributed by atoms with E-state index >= 15 is 0 Å². The van der Waals surface area contributed by atoms with Crippen molar-refractivity contribution in [3.63, 3.8) is 0 Å². The molecule has 0 radical (unpaired) electrons. The Morgan fingerprint density at radius 3 is 2.82 bits per heavy atom. The van der Waals surface area contributed by atoms with E-state index < -0.39 is 0 Å². The van der Waals surface area contributed by atoms with Crippen LogP contribution in [0.25, 0.3) is 0 Å². The van der Waals surface area contributed by atoms with Gasteiger partial charge in [-0.05, 0) is 19.9 Å². The van der Waals surface area contributed by atoms with Gasteiger partial charge in [-0.2, -0.15) is 0 Å². The van der Waals surface area contributed by atoms with E-state index in [1.807, 2.05) is 32.0 Å². The molecule has 0 spiro atoms. The van der Waals surface area contributed by atoms with Crippen LogP contribution >= 0.6 is 0 Å². The fourth-order valence-corrected chi connectivity index (χ4v) is 1.66. The summed E-state index contributed by atoms with van der Waals surface area (Å²) in [7, 11) is 0. The number of fused-ring (bicyclic) bond motifs is 1. The van der Waals surface area contributed by atoms with Gasteiger partial charge in [-0.15, -0.1) is 0 Å². The molecule has 0 unspecified atom stereocenters. The molecule has 1 aromatic carbocycles. The fourth-order valence-electron chi connectivity index (χ4n) is 1.66. The molecular weight excluding hydrogens is 218 g/mol. The molecule has 0 bridgehead atoms. The number of aliphatic hydroxyl groups excluding tert-OH is 1. The number of aliphatic hydroxyl groups is 1. The summed E-state index contributed by atoms with van der Waals surface area (Å²) in [4.78, 5) is 0. The zero-order chi connectivity index (χ0) is 12.3. The van der Waals surface area contributed by atoms with Crippen molar-refractivity contribution in [2.75, 3.05) is 19.8 Å². The summed E-state index contributed by atoms with van der Waals surface area (Å²) in [6.45, 7) is 5.86. The highest BCUT2D eigenvalue weighted by Gasteiger charge is 2.19. The van der Waals surface area contributed by atoms with Gasteiger partial charge in [0.05, 0.1) is 6.61 Å². The van der Waals surface area contributed by atoms with Crippen molar-refractivity contribution in [3.05, 3.63) is 23.8 Å². The van der Waals surface area contributed by atoms with Crippen LogP contribution in [-0.2, 0) is 6.54 Å². The van der Waals surface area contributed by atoms with Crippen molar-refractivity contribution in [2.24, 2.45) is 0 Å². The molecule has 94 valence electrons. The minimum Gasteiger partial charge on any atom is -0.486 e. The van der Waals surface area contributed by atoms with Gasteiger partial charge in [0.15, 0.2) is 11.5 Å². The van der Waals surface area contributed by atoms with Crippen molar-refractivity contribution < 1.29 is 14.6 Å². The predicted octanol–water partition coefficient (Wildman–Crippen LogP) is 1.32. The average Bonchev–Trinajstić information content (AvgIpc) is 2.36. The van der Waals surface area contributed by atoms with Gasteiger partial charge in [0.2, 0.25) is 0 Å². The SMILES string of the molecule is CC(C)(CO)NCc1cccc2c1OCCO2. The normalized spacial score (nSPS) is 14.8. The Balaban J connectivity index is 2.11. The molecule has 1 heterocycles. The van der Waals surface area contributed by atoms with Gasteiger partial charge in [-0.3, -0.25) is 0 Å². The molecule has 0 fully saturated rings. The predicted molar refractivity (Wildman–Crippen MR) is 65.4 cm³/mol. The maximum atomic E-state index is 9.19. The quantitative estimate of drug-likeness (QED) is 0.829. The first-order chi connectivity index (χ1) is 8.12. The van der Waals surface area contributed by atoms with Gasteiger partial charge in [-0.1, -0.05) is 12.1 Å². The second kappa shape index (κ2) is 4.94. The number of rotatable bonds is 4. The largest absolute Gasteiger partial charge is 0.486 e. The summed E-state index contributed by atoms with van der Waals surface area (Å²) >= 11 is 0. The topological polar surface area (TPSA) is 50.7 Å². The zero-order valence-electron chi connectivity index (χ0n) is 10.3. The van der Waals surface area contributed by atoms with Gasteiger partial charge in [0, 0.05) is 17.6 Å². The molecule has 0 saturated heterocycles. The van der Waals surface area contributed by atoms with E-state index in [2.05, 4.69) is 5.32 Å². The summed E-state index contributed by atoms with van der Waals surface area (Å²) < 4.78 is 11.1. The second-order valence-electron chi connectivity index (χ2n) is 4.84. The number of hydrogen-bond acceptors (Lipinski definition) is 4. The Hall–Kier alpha value is -1.26. The van der Waals surface area contributed by atoms with Gasteiger partial charge in [0.25, 0.3) is 0 Å². The van der Waals surface area contributed by atoms with Crippen LogP contribution in [0.15, 0.2) is 18.2 Å². The van der Waals surface area contributed by atoms with Crippen molar-refractivity contribution in [3.8, 4) is 11.5 Å². The van der Waals surface area contributed by atoms with E-state index in [9.17, 15) is 5.11 Å². The van der Waals surface area contributed by atoms with Crippen molar-refractivity contribution >= 4 is 0 Å².